The second-order valence-electron chi connectivity index (χ2n) is 7.41. The van der Waals surface area contributed by atoms with Crippen LogP contribution in [0.1, 0.15) is 42.3 Å². The van der Waals surface area contributed by atoms with E-state index in [0.29, 0.717) is 23.7 Å². The number of esters is 1. The largest absolute Gasteiger partial charge is 0.490 e. The van der Waals surface area contributed by atoms with Crippen LogP contribution in [0.5, 0.6) is 11.5 Å². The number of rotatable bonds is 10. The summed E-state index contributed by atoms with van der Waals surface area (Å²) in [5.41, 5.74) is 1.58. The fraction of sp³-hybridized carbons (Fsp3) is 0.280. The number of carboxylic acids is 1. The van der Waals surface area contributed by atoms with Crippen LogP contribution in [-0.2, 0) is 20.9 Å². The molecule has 2 amide bonds. The van der Waals surface area contributed by atoms with E-state index in [4.69, 9.17) is 19.3 Å². The van der Waals surface area contributed by atoms with Crippen molar-refractivity contribution in [2.45, 2.75) is 33.4 Å². The Morgan fingerprint density at radius 1 is 1.03 bits per heavy atom. The van der Waals surface area contributed by atoms with Crippen LogP contribution >= 0.6 is 11.8 Å². The molecule has 2 aromatic carbocycles. The zero-order valence-electron chi connectivity index (χ0n) is 19.5. The SMILES string of the molecule is CCOC(=O)[C@H](C)N1C(=O)S/C(=C/c2ccc(OCc3ccc(C(=O)O)cc3)c(OCC)c2)C1=O. The lowest BCUT2D eigenvalue weighted by atomic mass is 10.1. The summed E-state index contributed by atoms with van der Waals surface area (Å²) >= 11 is 0.751. The normalized spacial score (nSPS) is 15.3. The average Bonchev–Trinajstić information content (AvgIpc) is 3.11. The Morgan fingerprint density at radius 3 is 2.37 bits per heavy atom. The van der Waals surface area contributed by atoms with Gasteiger partial charge in [0.25, 0.3) is 11.1 Å². The van der Waals surface area contributed by atoms with E-state index in [-0.39, 0.29) is 23.7 Å². The van der Waals surface area contributed by atoms with Crippen molar-refractivity contribution >= 4 is 40.9 Å². The number of carbonyl (C=O) groups excluding carboxylic acids is 3. The van der Waals surface area contributed by atoms with Crippen molar-refractivity contribution in [3.8, 4) is 11.5 Å². The van der Waals surface area contributed by atoms with Gasteiger partial charge in [-0.15, -0.1) is 0 Å². The molecule has 0 aromatic heterocycles. The topological polar surface area (TPSA) is 119 Å². The minimum absolute atomic E-state index is 0.150. The fourth-order valence-electron chi connectivity index (χ4n) is 3.24. The fourth-order valence-corrected chi connectivity index (χ4v) is 4.15. The van der Waals surface area contributed by atoms with Crippen LogP contribution in [0.15, 0.2) is 47.4 Å². The number of thioether (sulfide) groups is 1. The number of hydrogen-bond acceptors (Lipinski definition) is 8. The van der Waals surface area contributed by atoms with Gasteiger partial charge in [-0.2, -0.15) is 0 Å². The van der Waals surface area contributed by atoms with Crippen molar-refractivity contribution in [2.24, 2.45) is 0 Å². The monoisotopic (exact) mass is 499 g/mol. The molecule has 184 valence electrons. The minimum Gasteiger partial charge on any atom is -0.490 e. The molecule has 1 heterocycles. The zero-order chi connectivity index (χ0) is 25.5. The lowest BCUT2D eigenvalue weighted by molar-refractivity contribution is -0.150. The lowest BCUT2D eigenvalue weighted by Gasteiger charge is -2.19. The molecule has 0 unspecified atom stereocenters. The van der Waals surface area contributed by atoms with Crippen LogP contribution in [0.4, 0.5) is 4.79 Å². The number of benzene rings is 2. The molecule has 1 fully saturated rings. The molecule has 35 heavy (non-hydrogen) atoms. The second kappa shape index (κ2) is 11.6. The molecular weight excluding hydrogens is 474 g/mol. The van der Waals surface area contributed by atoms with E-state index >= 15 is 0 Å². The van der Waals surface area contributed by atoms with Gasteiger partial charge in [0.2, 0.25) is 0 Å². The highest BCUT2D eigenvalue weighted by molar-refractivity contribution is 8.18. The number of carbonyl (C=O) groups is 4. The summed E-state index contributed by atoms with van der Waals surface area (Å²) in [6.45, 7) is 5.65. The highest BCUT2D eigenvalue weighted by Crippen LogP contribution is 2.36. The Kier molecular flexibility index (Phi) is 8.53. The van der Waals surface area contributed by atoms with E-state index in [0.717, 1.165) is 22.2 Å². The molecule has 2 aromatic rings. The molecule has 1 N–H and O–H groups in total. The highest BCUT2D eigenvalue weighted by Gasteiger charge is 2.41. The standard InChI is InChI=1S/C25H25NO8S/c1-4-32-20-12-17(8-11-19(20)34-14-16-6-9-18(10-7-16)23(28)29)13-21-22(27)26(25(31)35-21)15(3)24(30)33-5-2/h6-13,15H,4-5,14H2,1-3H3,(H,28,29)/b21-13+/t15-/m0/s1. The molecule has 1 aliphatic heterocycles. The van der Waals surface area contributed by atoms with Gasteiger partial charge >= 0.3 is 11.9 Å². The van der Waals surface area contributed by atoms with Crippen LogP contribution in [0.2, 0.25) is 0 Å². The van der Waals surface area contributed by atoms with E-state index in [1.165, 1.54) is 19.1 Å². The molecule has 1 atom stereocenters. The Balaban J connectivity index is 1.76. The summed E-state index contributed by atoms with van der Waals surface area (Å²) < 4.78 is 16.5. The summed E-state index contributed by atoms with van der Waals surface area (Å²) in [6, 6.07) is 10.4. The van der Waals surface area contributed by atoms with Gasteiger partial charge in [-0.3, -0.25) is 14.5 Å². The first kappa shape index (κ1) is 25.8. The first-order chi connectivity index (χ1) is 16.7. The zero-order valence-corrected chi connectivity index (χ0v) is 20.3. The molecule has 3 rings (SSSR count). The smallest absolute Gasteiger partial charge is 0.335 e. The third-order valence-electron chi connectivity index (χ3n) is 5.00. The number of amides is 2. The maximum atomic E-state index is 12.8. The number of nitrogens with zero attached hydrogens (tertiary/aromatic N) is 1. The number of aromatic carboxylic acids is 1. The van der Waals surface area contributed by atoms with E-state index in [2.05, 4.69) is 0 Å². The van der Waals surface area contributed by atoms with Gasteiger partial charge in [0.1, 0.15) is 12.6 Å². The van der Waals surface area contributed by atoms with E-state index in [1.54, 1.807) is 43.3 Å². The molecule has 1 aliphatic rings. The molecule has 0 spiro atoms. The van der Waals surface area contributed by atoms with Gasteiger partial charge in [0.05, 0.1) is 23.7 Å². The third kappa shape index (κ3) is 6.21. The van der Waals surface area contributed by atoms with Crippen LogP contribution in [0.3, 0.4) is 0 Å². The second-order valence-corrected chi connectivity index (χ2v) is 8.40. The van der Waals surface area contributed by atoms with Gasteiger partial charge in [-0.25, -0.2) is 9.59 Å². The molecule has 9 nitrogen and oxygen atoms in total. The maximum Gasteiger partial charge on any atom is 0.335 e. The predicted molar refractivity (Wildman–Crippen MR) is 129 cm³/mol. The summed E-state index contributed by atoms with van der Waals surface area (Å²) in [7, 11) is 0. The van der Waals surface area contributed by atoms with Crippen LogP contribution in [-0.4, -0.2) is 52.3 Å². The van der Waals surface area contributed by atoms with Gasteiger partial charge in [0.15, 0.2) is 11.5 Å². The molecular formula is C25H25NO8S. The van der Waals surface area contributed by atoms with Crippen LogP contribution in [0, 0.1) is 0 Å². The highest BCUT2D eigenvalue weighted by atomic mass is 32.2. The van der Waals surface area contributed by atoms with E-state index < -0.39 is 29.1 Å². The Bertz CT molecular complexity index is 1160. The van der Waals surface area contributed by atoms with Gasteiger partial charge in [0, 0.05) is 0 Å². The van der Waals surface area contributed by atoms with Crippen molar-refractivity contribution < 1.29 is 38.5 Å². The van der Waals surface area contributed by atoms with Crippen molar-refractivity contribution in [2.75, 3.05) is 13.2 Å². The third-order valence-corrected chi connectivity index (χ3v) is 5.88. The molecule has 0 saturated carbocycles. The first-order valence-electron chi connectivity index (χ1n) is 10.9. The summed E-state index contributed by atoms with van der Waals surface area (Å²) in [5, 5.41) is 8.47. The van der Waals surface area contributed by atoms with E-state index in [1.807, 2.05) is 6.92 Å². The molecule has 1 saturated heterocycles. The van der Waals surface area contributed by atoms with Crippen molar-refractivity contribution in [1.29, 1.82) is 0 Å². The lowest BCUT2D eigenvalue weighted by Crippen LogP contribution is -2.42. The van der Waals surface area contributed by atoms with Gasteiger partial charge in [-0.05, 0) is 74.0 Å². The Morgan fingerprint density at radius 2 is 1.74 bits per heavy atom. The molecule has 0 bridgehead atoms. The average molecular weight is 500 g/mol. The number of imide groups is 1. The first-order valence-corrected chi connectivity index (χ1v) is 11.7. The quantitative estimate of drug-likeness (QED) is 0.376. The molecule has 0 radical (unpaired) electrons. The van der Waals surface area contributed by atoms with Crippen molar-refractivity contribution in [3.63, 3.8) is 0 Å². The predicted octanol–water partition coefficient (Wildman–Crippen LogP) is 4.35. The summed E-state index contributed by atoms with van der Waals surface area (Å²) in [5.74, 6) is -1.30. The molecule has 0 aliphatic carbocycles. The van der Waals surface area contributed by atoms with Gasteiger partial charge in [-0.1, -0.05) is 18.2 Å². The number of ether oxygens (including phenoxy) is 3. The van der Waals surface area contributed by atoms with Gasteiger partial charge < -0.3 is 19.3 Å². The van der Waals surface area contributed by atoms with Crippen LogP contribution < -0.4 is 9.47 Å². The van der Waals surface area contributed by atoms with E-state index in [9.17, 15) is 19.2 Å². The Labute approximate surface area is 206 Å². The van der Waals surface area contributed by atoms with Crippen molar-refractivity contribution in [1.82, 2.24) is 4.90 Å². The van der Waals surface area contributed by atoms with Crippen molar-refractivity contribution in [3.05, 3.63) is 64.1 Å². The summed E-state index contributed by atoms with van der Waals surface area (Å²) in [6.07, 6.45) is 1.56. The molecule has 10 heteroatoms. The van der Waals surface area contributed by atoms with Crippen LogP contribution in [0.25, 0.3) is 6.08 Å². The number of hydrogen-bond donors (Lipinski definition) is 1. The maximum absolute atomic E-state index is 12.8. The summed E-state index contributed by atoms with van der Waals surface area (Å²) in [4.78, 5) is 49.2. The Hall–Kier alpha value is -3.79. The minimum atomic E-state index is -1.02. The number of carboxylic acid groups (broad SMARTS) is 1.